The number of hydrogen-bond acceptors (Lipinski definition) is 4. The van der Waals surface area contributed by atoms with Crippen LogP contribution in [0.15, 0.2) is 4.99 Å². The molecule has 0 aromatic rings. The van der Waals surface area contributed by atoms with Crippen molar-refractivity contribution in [1.29, 1.82) is 0 Å². The lowest BCUT2D eigenvalue weighted by Crippen LogP contribution is -2.31. The van der Waals surface area contributed by atoms with Crippen LogP contribution >= 0.6 is 11.8 Å². The number of thioether (sulfide) groups is 1. The summed E-state index contributed by atoms with van der Waals surface area (Å²) < 4.78 is 0. The molecular weight excluding hydrogens is 148 g/mol. The van der Waals surface area contributed by atoms with Gasteiger partial charge in [-0.2, -0.15) is 0 Å². The van der Waals surface area contributed by atoms with Crippen LogP contribution in [0, 0.1) is 0 Å². The summed E-state index contributed by atoms with van der Waals surface area (Å²) in [5.74, 6) is 0. The van der Waals surface area contributed by atoms with E-state index in [1.54, 1.807) is 13.3 Å². The average Bonchev–Trinajstić information content (AvgIpc) is 1.88. The SMILES string of the molecule is CC(=O)SC1CN=CNC1. The first kappa shape index (κ1) is 7.60. The first-order valence-corrected chi connectivity index (χ1v) is 4.06. The second-order valence-electron chi connectivity index (χ2n) is 2.13. The van der Waals surface area contributed by atoms with Gasteiger partial charge in [-0.15, -0.1) is 0 Å². The van der Waals surface area contributed by atoms with Crippen LogP contribution in [0.3, 0.4) is 0 Å². The molecule has 3 nitrogen and oxygen atoms in total. The van der Waals surface area contributed by atoms with Crippen LogP contribution < -0.4 is 5.32 Å². The van der Waals surface area contributed by atoms with E-state index in [0.29, 0.717) is 5.25 Å². The van der Waals surface area contributed by atoms with Gasteiger partial charge in [-0.1, -0.05) is 11.8 Å². The van der Waals surface area contributed by atoms with Crippen LogP contribution in [-0.2, 0) is 4.79 Å². The van der Waals surface area contributed by atoms with Gasteiger partial charge in [0, 0.05) is 18.7 Å². The lowest BCUT2D eigenvalue weighted by molar-refractivity contribution is -0.109. The number of nitrogens with one attached hydrogen (secondary N) is 1. The normalized spacial score (nSPS) is 23.9. The molecule has 1 N–H and O–H groups in total. The van der Waals surface area contributed by atoms with E-state index in [9.17, 15) is 4.79 Å². The zero-order chi connectivity index (χ0) is 7.40. The molecule has 0 radical (unpaired) electrons. The van der Waals surface area contributed by atoms with Gasteiger partial charge in [0.25, 0.3) is 0 Å². The van der Waals surface area contributed by atoms with Crippen LogP contribution in [0.25, 0.3) is 0 Å². The molecule has 1 rings (SSSR count). The highest BCUT2D eigenvalue weighted by molar-refractivity contribution is 8.14. The maximum absolute atomic E-state index is 10.6. The molecule has 1 atom stereocenters. The van der Waals surface area contributed by atoms with E-state index in [-0.39, 0.29) is 5.12 Å². The summed E-state index contributed by atoms with van der Waals surface area (Å²) in [7, 11) is 0. The fraction of sp³-hybridized carbons (Fsp3) is 0.667. The third-order valence-electron chi connectivity index (χ3n) is 1.17. The van der Waals surface area contributed by atoms with E-state index in [0.717, 1.165) is 13.1 Å². The van der Waals surface area contributed by atoms with Crippen molar-refractivity contribution < 1.29 is 4.79 Å². The van der Waals surface area contributed by atoms with Crippen molar-refractivity contribution in [3.05, 3.63) is 0 Å². The first-order valence-electron chi connectivity index (χ1n) is 3.18. The maximum atomic E-state index is 10.6. The molecule has 0 saturated carbocycles. The van der Waals surface area contributed by atoms with Crippen molar-refractivity contribution in [2.45, 2.75) is 12.2 Å². The number of carbonyl (C=O) groups excluding carboxylic acids is 1. The van der Waals surface area contributed by atoms with Gasteiger partial charge in [0.2, 0.25) is 0 Å². The summed E-state index contributed by atoms with van der Waals surface area (Å²) in [5, 5.41) is 3.48. The summed E-state index contributed by atoms with van der Waals surface area (Å²) in [4.78, 5) is 14.6. The van der Waals surface area contributed by atoms with Crippen molar-refractivity contribution >= 4 is 23.2 Å². The van der Waals surface area contributed by atoms with Crippen LogP contribution in [0.5, 0.6) is 0 Å². The second-order valence-corrected chi connectivity index (χ2v) is 3.61. The third-order valence-corrected chi connectivity index (χ3v) is 2.15. The topological polar surface area (TPSA) is 41.5 Å². The van der Waals surface area contributed by atoms with Crippen molar-refractivity contribution in [3.8, 4) is 0 Å². The summed E-state index contributed by atoms with van der Waals surface area (Å²) in [6, 6.07) is 0. The van der Waals surface area contributed by atoms with Gasteiger partial charge in [-0.25, -0.2) is 0 Å². The van der Waals surface area contributed by atoms with Crippen molar-refractivity contribution in [3.63, 3.8) is 0 Å². The first-order chi connectivity index (χ1) is 4.79. The molecule has 0 bridgehead atoms. The Bertz CT molecular complexity index is 158. The quantitative estimate of drug-likeness (QED) is 0.595. The summed E-state index contributed by atoms with van der Waals surface area (Å²) >= 11 is 1.36. The highest BCUT2D eigenvalue weighted by atomic mass is 32.2. The Kier molecular flexibility index (Phi) is 2.74. The smallest absolute Gasteiger partial charge is 0.186 e. The number of hydrogen-bond donors (Lipinski definition) is 1. The molecule has 1 unspecified atom stereocenters. The summed E-state index contributed by atoms with van der Waals surface area (Å²) in [6.45, 7) is 3.20. The predicted molar refractivity (Wildman–Crippen MR) is 43.4 cm³/mol. The Morgan fingerprint density at radius 2 is 2.70 bits per heavy atom. The van der Waals surface area contributed by atoms with Crippen LogP contribution in [0.1, 0.15) is 6.92 Å². The maximum Gasteiger partial charge on any atom is 0.186 e. The molecule has 0 amide bonds. The van der Waals surface area contributed by atoms with Gasteiger partial charge in [0.15, 0.2) is 5.12 Å². The summed E-state index contributed by atoms with van der Waals surface area (Å²) in [5.41, 5.74) is 0. The van der Waals surface area contributed by atoms with Gasteiger partial charge in [-0.3, -0.25) is 9.79 Å². The highest BCUT2D eigenvalue weighted by Gasteiger charge is 2.12. The van der Waals surface area contributed by atoms with Gasteiger partial charge < -0.3 is 5.32 Å². The molecule has 0 aromatic heterocycles. The van der Waals surface area contributed by atoms with E-state index >= 15 is 0 Å². The fourth-order valence-corrected chi connectivity index (χ4v) is 1.61. The number of rotatable bonds is 1. The van der Waals surface area contributed by atoms with E-state index in [1.807, 2.05) is 0 Å². The van der Waals surface area contributed by atoms with Gasteiger partial charge in [0.1, 0.15) is 0 Å². The summed E-state index contributed by atoms with van der Waals surface area (Å²) in [6.07, 6.45) is 1.69. The minimum Gasteiger partial charge on any atom is -0.375 e. The Morgan fingerprint density at radius 1 is 1.90 bits per heavy atom. The van der Waals surface area contributed by atoms with E-state index in [4.69, 9.17) is 0 Å². The zero-order valence-corrected chi connectivity index (χ0v) is 6.65. The molecule has 56 valence electrons. The van der Waals surface area contributed by atoms with Gasteiger partial charge >= 0.3 is 0 Å². The third kappa shape index (κ3) is 2.39. The average molecular weight is 158 g/mol. The molecule has 0 saturated heterocycles. The molecule has 1 aliphatic rings. The number of nitrogens with zero attached hydrogens (tertiary/aromatic N) is 1. The predicted octanol–water partition coefficient (Wildman–Crippen LogP) is 0.266. The molecule has 4 heteroatoms. The number of aliphatic imine (C=N–C) groups is 1. The largest absolute Gasteiger partial charge is 0.375 e. The Balaban J connectivity index is 2.28. The minimum absolute atomic E-state index is 0.170. The van der Waals surface area contributed by atoms with Crippen LogP contribution in [0.4, 0.5) is 0 Å². The van der Waals surface area contributed by atoms with Crippen LogP contribution in [-0.4, -0.2) is 29.8 Å². The molecule has 0 aromatic carbocycles. The van der Waals surface area contributed by atoms with E-state index in [1.165, 1.54) is 11.8 Å². The number of carbonyl (C=O) groups is 1. The Labute approximate surface area is 64.3 Å². The monoisotopic (exact) mass is 158 g/mol. The lowest BCUT2D eigenvalue weighted by Gasteiger charge is -2.15. The van der Waals surface area contributed by atoms with Gasteiger partial charge in [0.05, 0.1) is 12.9 Å². The molecule has 10 heavy (non-hydrogen) atoms. The standard InChI is InChI=1S/C6H10N2OS/c1-5(9)10-6-2-7-4-8-3-6/h4,6H,2-3H2,1H3,(H,7,8). The second kappa shape index (κ2) is 3.61. The van der Waals surface area contributed by atoms with Gasteiger partial charge in [-0.05, 0) is 0 Å². The molecule has 1 heterocycles. The van der Waals surface area contributed by atoms with Crippen molar-refractivity contribution in [2.24, 2.45) is 4.99 Å². The molecule has 0 aliphatic carbocycles. The Morgan fingerprint density at radius 3 is 3.20 bits per heavy atom. The lowest BCUT2D eigenvalue weighted by atomic mass is 10.4. The van der Waals surface area contributed by atoms with Crippen molar-refractivity contribution in [2.75, 3.05) is 13.1 Å². The molecular formula is C6H10N2OS. The van der Waals surface area contributed by atoms with E-state index < -0.39 is 0 Å². The molecule has 0 spiro atoms. The fourth-order valence-electron chi connectivity index (χ4n) is 0.797. The molecule has 1 aliphatic heterocycles. The zero-order valence-electron chi connectivity index (χ0n) is 5.83. The highest BCUT2D eigenvalue weighted by Crippen LogP contribution is 2.12. The Hall–Kier alpha value is -0.510. The van der Waals surface area contributed by atoms with E-state index in [2.05, 4.69) is 10.3 Å². The van der Waals surface area contributed by atoms with Crippen LogP contribution in [0.2, 0.25) is 0 Å². The minimum atomic E-state index is 0.170. The van der Waals surface area contributed by atoms with Crippen molar-refractivity contribution in [1.82, 2.24) is 5.32 Å². The molecule has 0 fully saturated rings.